The predicted octanol–water partition coefficient (Wildman–Crippen LogP) is 3.01. The Labute approximate surface area is 131 Å². The smallest absolute Gasteiger partial charge is 0.161 e. The van der Waals surface area contributed by atoms with Gasteiger partial charge in [0.2, 0.25) is 0 Å². The molecule has 1 aromatic heterocycles. The Morgan fingerprint density at radius 1 is 1.32 bits per heavy atom. The van der Waals surface area contributed by atoms with E-state index in [0.717, 1.165) is 43.2 Å². The molecule has 2 aromatic rings. The van der Waals surface area contributed by atoms with Crippen molar-refractivity contribution in [2.24, 2.45) is 0 Å². The lowest BCUT2D eigenvalue weighted by Crippen LogP contribution is -2.17. The molecule has 5 nitrogen and oxygen atoms in total. The highest BCUT2D eigenvalue weighted by molar-refractivity contribution is 5.40. The molecule has 1 fully saturated rings. The summed E-state index contributed by atoms with van der Waals surface area (Å²) < 4.78 is 13.0. The van der Waals surface area contributed by atoms with E-state index >= 15 is 0 Å². The second-order valence-corrected chi connectivity index (χ2v) is 5.68. The molecular weight excluding hydrogens is 278 g/mol. The van der Waals surface area contributed by atoms with Crippen LogP contribution < -0.4 is 0 Å². The molecule has 5 heteroatoms. The largest absolute Gasteiger partial charge is 0.384 e. The van der Waals surface area contributed by atoms with Gasteiger partial charge in [-0.2, -0.15) is 5.10 Å². The maximum absolute atomic E-state index is 5.93. The molecule has 118 valence electrons. The van der Waals surface area contributed by atoms with Gasteiger partial charge in [0.15, 0.2) is 11.6 Å². The number of para-hydroxylation sites is 1. The average molecular weight is 301 g/mol. The summed E-state index contributed by atoms with van der Waals surface area (Å²) in [4.78, 5) is 4.74. The summed E-state index contributed by atoms with van der Waals surface area (Å²) in [6, 6.07) is 8.25. The van der Waals surface area contributed by atoms with Gasteiger partial charge in [0.05, 0.1) is 12.3 Å². The van der Waals surface area contributed by atoms with Crippen molar-refractivity contribution in [1.82, 2.24) is 14.8 Å². The van der Waals surface area contributed by atoms with Crippen LogP contribution >= 0.6 is 0 Å². The Morgan fingerprint density at radius 2 is 2.18 bits per heavy atom. The Balaban J connectivity index is 1.98. The number of hydrogen-bond donors (Lipinski definition) is 0. The van der Waals surface area contributed by atoms with Crippen LogP contribution in [0.1, 0.15) is 42.6 Å². The van der Waals surface area contributed by atoms with Crippen molar-refractivity contribution in [3.63, 3.8) is 0 Å². The van der Waals surface area contributed by atoms with Gasteiger partial charge in [0.1, 0.15) is 6.10 Å². The Morgan fingerprint density at radius 3 is 2.91 bits per heavy atom. The minimum absolute atomic E-state index is 0.0390. The van der Waals surface area contributed by atoms with Crippen LogP contribution in [0.4, 0.5) is 0 Å². The number of benzene rings is 1. The van der Waals surface area contributed by atoms with E-state index in [-0.39, 0.29) is 6.10 Å². The summed E-state index contributed by atoms with van der Waals surface area (Å²) in [5.74, 6) is 1.73. The predicted molar refractivity (Wildman–Crippen MR) is 84.2 cm³/mol. The molecule has 1 aromatic carbocycles. The normalized spacial score (nSPS) is 18.5. The van der Waals surface area contributed by atoms with E-state index in [9.17, 15) is 0 Å². The standard InChI is InChI=1S/C17H23N3O2/c1-13-7-3-4-8-14(13)20-17(15-9-5-6-11-22-15)18-16(19-20)10-12-21-2/h3-4,7-8,15H,5-6,9-12H2,1-2H3/t15-/m0/s1. The van der Waals surface area contributed by atoms with E-state index in [4.69, 9.17) is 19.6 Å². The number of ether oxygens (including phenoxy) is 2. The van der Waals surface area contributed by atoms with Gasteiger partial charge in [0, 0.05) is 20.1 Å². The zero-order chi connectivity index (χ0) is 15.4. The second-order valence-electron chi connectivity index (χ2n) is 5.68. The first kappa shape index (κ1) is 15.2. The van der Waals surface area contributed by atoms with E-state index in [2.05, 4.69) is 19.1 Å². The highest BCUT2D eigenvalue weighted by atomic mass is 16.5. The molecule has 0 spiro atoms. The van der Waals surface area contributed by atoms with Crippen molar-refractivity contribution in [3.8, 4) is 5.69 Å². The van der Waals surface area contributed by atoms with Gasteiger partial charge in [-0.05, 0) is 37.8 Å². The van der Waals surface area contributed by atoms with Crippen LogP contribution in [-0.4, -0.2) is 35.1 Å². The summed E-state index contributed by atoms with van der Waals surface area (Å²) in [6.07, 6.45) is 4.07. The molecule has 1 aliphatic rings. The zero-order valence-corrected chi connectivity index (χ0v) is 13.3. The lowest BCUT2D eigenvalue weighted by Gasteiger charge is -2.22. The highest BCUT2D eigenvalue weighted by Gasteiger charge is 2.24. The molecule has 0 aliphatic carbocycles. The molecule has 2 heterocycles. The van der Waals surface area contributed by atoms with Crippen LogP contribution in [0.2, 0.25) is 0 Å². The monoisotopic (exact) mass is 301 g/mol. The van der Waals surface area contributed by atoms with Crippen LogP contribution in [0, 0.1) is 6.92 Å². The van der Waals surface area contributed by atoms with Crippen LogP contribution in [0.25, 0.3) is 5.69 Å². The molecule has 0 saturated carbocycles. The van der Waals surface area contributed by atoms with Crippen molar-refractivity contribution in [2.45, 2.75) is 38.7 Å². The van der Waals surface area contributed by atoms with Crippen LogP contribution in [-0.2, 0) is 15.9 Å². The minimum Gasteiger partial charge on any atom is -0.384 e. The van der Waals surface area contributed by atoms with Gasteiger partial charge >= 0.3 is 0 Å². The Kier molecular flexibility index (Phi) is 4.85. The maximum Gasteiger partial charge on any atom is 0.161 e. The topological polar surface area (TPSA) is 49.2 Å². The fourth-order valence-electron chi connectivity index (χ4n) is 2.80. The molecule has 1 saturated heterocycles. The first-order valence-corrected chi connectivity index (χ1v) is 7.92. The molecule has 3 rings (SSSR count). The number of aryl methyl sites for hydroxylation is 1. The molecule has 0 radical (unpaired) electrons. The van der Waals surface area contributed by atoms with Gasteiger partial charge < -0.3 is 9.47 Å². The maximum atomic E-state index is 5.93. The van der Waals surface area contributed by atoms with Crippen LogP contribution in [0.5, 0.6) is 0 Å². The fourth-order valence-corrected chi connectivity index (χ4v) is 2.80. The van der Waals surface area contributed by atoms with Crippen LogP contribution in [0.3, 0.4) is 0 Å². The van der Waals surface area contributed by atoms with Crippen molar-refractivity contribution < 1.29 is 9.47 Å². The van der Waals surface area contributed by atoms with Crippen LogP contribution in [0.15, 0.2) is 24.3 Å². The number of methoxy groups -OCH3 is 1. The van der Waals surface area contributed by atoms with E-state index in [1.165, 1.54) is 12.0 Å². The molecular formula is C17H23N3O2. The summed E-state index contributed by atoms with van der Waals surface area (Å²) in [5, 5.41) is 4.70. The average Bonchev–Trinajstić information content (AvgIpc) is 2.98. The van der Waals surface area contributed by atoms with E-state index in [0.29, 0.717) is 6.61 Å². The molecule has 0 unspecified atom stereocenters. The lowest BCUT2D eigenvalue weighted by atomic mass is 10.1. The molecule has 0 amide bonds. The van der Waals surface area contributed by atoms with Gasteiger partial charge in [-0.1, -0.05) is 18.2 Å². The quantitative estimate of drug-likeness (QED) is 0.852. The highest BCUT2D eigenvalue weighted by Crippen LogP contribution is 2.29. The minimum atomic E-state index is 0.0390. The third kappa shape index (κ3) is 3.20. The number of nitrogens with zero attached hydrogens (tertiary/aromatic N) is 3. The summed E-state index contributed by atoms with van der Waals surface area (Å²) in [5.41, 5.74) is 2.26. The Hall–Kier alpha value is -1.72. The van der Waals surface area contributed by atoms with Gasteiger partial charge in [0.25, 0.3) is 0 Å². The molecule has 0 N–H and O–H groups in total. The molecule has 0 bridgehead atoms. The van der Waals surface area contributed by atoms with Gasteiger partial charge in [-0.15, -0.1) is 0 Å². The zero-order valence-electron chi connectivity index (χ0n) is 13.3. The summed E-state index contributed by atoms with van der Waals surface area (Å²) in [7, 11) is 1.70. The van der Waals surface area contributed by atoms with Gasteiger partial charge in [-0.3, -0.25) is 0 Å². The number of rotatable bonds is 5. The lowest BCUT2D eigenvalue weighted by molar-refractivity contribution is 0.00815. The SMILES string of the molecule is COCCc1nc([C@@H]2CCCCO2)n(-c2ccccc2C)n1. The number of aromatic nitrogens is 3. The molecule has 1 atom stereocenters. The second kappa shape index (κ2) is 7.03. The Bertz CT molecular complexity index is 618. The van der Waals surface area contributed by atoms with Gasteiger partial charge in [-0.25, -0.2) is 9.67 Å². The van der Waals surface area contributed by atoms with E-state index in [1.54, 1.807) is 7.11 Å². The third-order valence-electron chi connectivity index (χ3n) is 4.02. The van der Waals surface area contributed by atoms with Crippen molar-refractivity contribution in [2.75, 3.05) is 20.3 Å². The summed E-state index contributed by atoms with van der Waals surface area (Å²) in [6.45, 7) is 3.53. The summed E-state index contributed by atoms with van der Waals surface area (Å²) >= 11 is 0. The van der Waals surface area contributed by atoms with E-state index in [1.807, 2.05) is 16.8 Å². The molecule has 22 heavy (non-hydrogen) atoms. The first-order chi connectivity index (χ1) is 10.8. The molecule has 1 aliphatic heterocycles. The third-order valence-corrected chi connectivity index (χ3v) is 4.02. The van der Waals surface area contributed by atoms with E-state index < -0.39 is 0 Å². The number of hydrogen-bond acceptors (Lipinski definition) is 4. The van der Waals surface area contributed by atoms with Crippen molar-refractivity contribution >= 4 is 0 Å². The van der Waals surface area contributed by atoms with Crippen molar-refractivity contribution in [1.29, 1.82) is 0 Å². The fraction of sp³-hybridized carbons (Fsp3) is 0.529. The first-order valence-electron chi connectivity index (χ1n) is 7.92. The van der Waals surface area contributed by atoms with Crippen molar-refractivity contribution in [3.05, 3.63) is 41.5 Å².